The third kappa shape index (κ3) is 6.19. The second-order valence-electron chi connectivity index (χ2n) is 8.86. The summed E-state index contributed by atoms with van der Waals surface area (Å²) in [4.78, 5) is 17.6. The quantitative estimate of drug-likeness (QED) is 0.420. The van der Waals surface area contributed by atoms with Crippen molar-refractivity contribution in [1.29, 1.82) is 0 Å². The molecule has 0 unspecified atom stereocenters. The SMILES string of the molecule is CN(c1ccc(CCC(F)(F)F)cc1)c1ccc2c(c1)CCN[C@H]2CCc1cnccc1C(=O)O. The molecule has 5 nitrogen and oxygen atoms in total. The number of rotatable bonds is 8. The predicted molar refractivity (Wildman–Crippen MR) is 129 cm³/mol. The molecule has 0 aliphatic carbocycles. The van der Waals surface area contributed by atoms with Crippen molar-refractivity contribution in [3.8, 4) is 0 Å². The minimum Gasteiger partial charge on any atom is -0.478 e. The third-order valence-corrected chi connectivity index (χ3v) is 6.53. The van der Waals surface area contributed by atoms with Gasteiger partial charge >= 0.3 is 12.1 Å². The van der Waals surface area contributed by atoms with E-state index in [1.807, 2.05) is 30.1 Å². The van der Waals surface area contributed by atoms with Gasteiger partial charge < -0.3 is 15.3 Å². The maximum Gasteiger partial charge on any atom is 0.389 e. The van der Waals surface area contributed by atoms with Crippen LogP contribution >= 0.6 is 0 Å². The van der Waals surface area contributed by atoms with Crippen molar-refractivity contribution >= 4 is 17.3 Å². The molecular weight excluding hydrogens is 455 g/mol. The molecule has 1 aliphatic heterocycles. The number of carboxylic acids is 1. The highest BCUT2D eigenvalue weighted by molar-refractivity contribution is 5.89. The first-order chi connectivity index (χ1) is 16.7. The number of aryl methyl sites for hydroxylation is 2. The molecule has 0 amide bonds. The molecule has 35 heavy (non-hydrogen) atoms. The van der Waals surface area contributed by atoms with E-state index in [2.05, 4.69) is 22.4 Å². The number of nitrogens with one attached hydrogen (secondary N) is 1. The van der Waals surface area contributed by atoms with Crippen LogP contribution in [0.2, 0.25) is 0 Å². The van der Waals surface area contributed by atoms with E-state index in [0.29, 0.717) is 12.0 Å². The molecule has 2 aromatic carbocycles. The van der Waals surface area contributed by atoms with Crippen LogP contribution in [0.15, 0.2) is 60.9 Å². The van der Waals surface area contributed by atoms with Crippen LogP contribution in [0.4, 0.5) is 24.5 Å². The first kappa shape index (κ1) is 24.7. The van der Waals surface area contributed by atoms with Crippen LogP contribution in [0.5, 0.6) is 0 Å². The van der Waals surface area contributed by atoms with Gasteiger partial charge in [-0.1, -0.05) is 18.2 Å². The van der Waals surface area contributed by atoms with Gasteiger partial charge in [-0.2, -0.15) is 13.2 Å². The molecule has 0 radical (unpaired) electrons. The number of halogens is 3. The van der Waals surface area contributed by atoms with E-state index in [-0.39, 0.29) is 18.0 Å². The van der Waals surface area contributed by atoms with Gasteiger partial charge in [-0.15, -0.1) is 0 Å². The maximum absolute atomic E-state index is 12.5. The number of pyridine rings is 1. The number of carboxylic acid groups (broad SMARTS) is 1. The Morgan fingerprint density at radius 2 is 1.86 bits per heavy atom. The molecule has 1 aliphatic rings. The van der Waals surface area contributed by atoms with Gasteiger partial charge in [0.2, 0.25) is 0 Å². The van der Waals surface area contributed by atoms with E-state index in [0.717, 1.165) is 36.3 Å². The van der Waals surface area contributed by atoms with E-state index in [9.17, 15) is 23.1 Å². The summed E-state index contributed by atoms with van der Waals surface area (Å²) in [5.74, 6) is -0.944. The fraction of sp³-hybridized carbons (Fsp3) is 0.333. The van der Waals surface area contributed by atoms with Gasteiger partial charge in [-0.25, -0.2) is 4.79 Å². The van der Waals surface area contributed by atoms with Crippen molar-refractivity contribution in [3.05, 3.63) is 88.7 Å². The minimum atomic E-state index is -4.15. The van der Waals surface area contributed by atoms with Crippen molar-refractivity contribution in [3.63, 3.8) is 0 Å². The van der Waals surface area contributed by atoms with Crippen LogP contribution in [0.1, 0.15) is 51.5 Å². The summed E-state index contributed by atoms with van der Waals surface area (Å²) in [6, 6.07) is 15.2. The number of nitrogens with zero attached hydrogens (tertiary/aromatic N) is 2. The number of alkyl halides is 3. The monoisotopic (exact) mass is 483 g/mol. The Balaban J connectivity index is 1.45. The van der Waals surface area contributed by atoms with E-state index >= 15 is 0 Å². The molecule has 4 rings (SSSR count). The van der Waals surface area contributed by atoms with E-state index in [1.54, 1.807) is 18.3 Å². The van der Waals surface area contributed by atoms with Crippen molar-refractivity contribution in [2.24, 2.45) is 0 Å². The minimum absolute atomic E-state index is 0.0201. The number of anilines is 2. The van der Waals surface area contributed by atoms with Crippen LogP contribution in [0, 0.1) is 0 Å². The zero-order valence-corrected chi connectivity index (χ0v) is 19.5. The largest absolute Gasteiger partial charge is 0.478 e. The molecule has 2 heterocycles. The average Bonchev–Trinajstić information content (AvgIpc) is 2.85. The molecular formula is C27H28F3N3O2. The lowest BCUT2D eigenvalue weighted by molar-refractivity contribution is -0.134. The molecule has 8 heteroatoms. The molecule has 0 saturated heterocycles. The average molecular weight is 484 g/mol. The zero-order chi connectivity index (χ0) is 25.0. The van der Waals surface area contributed by atoms with Crippen molar-refractivity contribution in [1.82, 2.24) is 10.3 Å². The lowest BCUT2D eigenvalue weighted by Crippen LogP contribution is -2.30. The highest BCUT2D eigenvalue weighted by Gasteiger charge is 2.26. The molecule has 1 aromatic heterocycles. The molecule has 1 atom stereocenters. The van der Waals surface area contributed by atoms with Crippen LogP contribution in [0.3, 0.4) is 0 Å². The van der Waals surface area contributed by atoms with Gasteiger partial charge in [0.25, 0.3) is 0 Å². The number of fused-ring (bicyclic) bond motifs is 1. The van der Waals surface area contributed by atoms with Gasteiger partial charge in [-0.05, 0) is 84.8 Å². The Morgan fingerprint density at radius 1 is 1.11 bits per heavy atom. The normalized spacial score (nSPS) is 15.5. The summed E-state index contributed by atoms with van der Waals surface area (Å²) in [7, 11) is 1.95. The number of hydrogen-bond acceptors (Lipinski definition) is 4. The highest BCUT2D eigenvalue weighted by atomic mass is 19.4. The van der Waals surface area contributed by atoms with Crippen LogP contribution in [-0.4, -0.2) is 35.8 Å². The molecule has 0 fully saturated rings. The number of hydrogen-bond donors (Lipinski definition) is 2. The third-order valence-electron chi connectivity index (χ3n) is 6.53. The number of aromatic nitrogens is 1. The second kappa shape index (κ2) is 10.5. The summed E-state index contributed by atoms with van der Waals surface area (Å²) < 4.78 is 37.4. The van der Waals surface area contributed by atoms with E-state index in [4.69, 9.17) is 0 Å². The molecule has 0 saturated carbocycles. The van der Waals surface area contributed by atoms with Crippen molar-refractivity contribution < 1.29 is 23.1 Å². The fourth-order valence-electron chi connectivity index (χ4n) is 4.56. The summed E-state index contributed by atoms with van der Waals surface area (Å²) in [5.41, 5.74) is 6.04. The van der Waals surface area contributed by atoms with Gasteiger partial charge in [0, 0.05) is 43.3 Å². The molecule has 3 aromatic rings. The van der Waals surface area contributed by atoms with Crippen molar-refractivity contribution in [2.75, 3.05) is 18.5 Å². The molecule has 0 spiro atoms. The van der Waals surface area contributed by atoms with Gasteiger partial charge in [0.1, 0.15) is 0 Å². The lowest BCUT2D eigenvalue weighted by Gasteiger charge is -2.29. The predicted octanol–water partition coefficient (Wildman–Crippen LogP) is 5.86. The zero-order valence-electron chi connectivity index (χ0n) is 19.5. The smallest absolute Gasteiger partial charge is 0.389 e. The highest BCUT2D eigenvalue weighted by Crippen LogP contribution is 2.32. The van der Waals surface area contributed by atoms with Crippen LogP contribution in [-0.2, 0) is 19.3 Å². The maximum atomic E-state index is 12.5. The summed E-state index contributed by atoms with van der Waals surface area (Å²) in [6.07, 6.45) is 0.380. The molecule has 184 valence electrons. The second-order valence-corrected chi connectivity index (χ2v) is 8.86. The first-order valence-electron chi connectivity index (χ1n) is 11.6. The van der Waals surface area contributed by atoms with Crippen molar-refractivity contribution in [2.45, 2.75) is 44.3 Å². The Hall–Kier alpha value is -3.39. The Kier molecular flexibility index (Phi) is 7.40. The lowest BCUT2D eigenvalue weighted by atomic mass is 9.89. The Labute approximate surface area is 202 Å². The van der Waals surface area contributed by atoms with E-state index < -0.39 is 18.6 Å². The van der Waals surface area contributed by atoms with Gasteiger partial charge in [-0.3, -0.25) is 4.98 Å². The Morgan fingerprint density at radius 3 is 2.57 bits per heavy atom. The van der Waals surface area contributed by atoms with E-state index in [1.165, 1.54) is 23.4 Å². The summed E-state index contributed by atoms with van der Waals surface area (Å²) in [5, 5.41) is 13.0. The number of aromatic carboxylic acids is 1. The van der Waals surface area contributed by atoms with Gasteiger partial charge in [0.15, 0.2) is 0 Å². The summed E-state index contributed by atoms with van der Waals surface area (Å²) >= 11 is 0. The first-order valence-corrected chi connectivity index (χ1v) is 11.6. The van der Waals surface area contributed by atoms with Crippen LogP contribution in [0.25, 0.3) is 0 Å². The van der Waals surface area contributed by atoms with Gasteiger partial charge in [0.05, 0.1) is 5.56 Å². The molecule has 2 N–H and O–H groups in total. The Bertz CT molecular complexity index is 1180. The number of benzene rings is 2. The summed E-state index contributed by atoms with van der Waals surface area (Å²) in [6.45, 7) is 0.831. The molecule has 0 bridgehead atoms. The van der Waals surface area contributed by atoms with Crippen LogP contribution < -0.4 is 10.2 Å². The fourth-order valence-corrected chi connectivity index (χ4v) is 4.56. The topological polar surface area (TPSA) is 65.5 Å². The number of carbonyl (C=O) groups is 1. The standard InChI is InChI=1S/C27H28F3N3O2/c1-33(21-5-2-18(3-6-21)10-13-27(28,29)30)22-7-8-23-19(16-22)11-15-32-25(23)9-4-20-17-31-14-12-24(20)26(34)35/h2-3,5-8,12,14,16-17,25,32H,4,9-11,13,15H2,1H3,(H,34,35)/t25-/m0/s1.